The molecule has 0 aromatic carbocycles. The third-order valence-electron chi connectivity index (χ3n) is 3.82. The molecule has 0 aromatic rings. The van der Waals surface area contributed by atoms with Crippen molar-refractivity contribution in [1.29, 1.82) is 0 Å². The summed E-state index contributed by atoms with van der Waals surface area (Å²) in [6.45, 7) is 5.70. The van der Waals surface area contributed by atoms with Crippen molar-refractivity contribution in [2.75, 3.05) is 7.05 Å². The molecule has 4 nitrogen and oxygen atoms in total. The zero-order valence-electron chi connectivity index (χ0n) is 12.9. The Kier molecular flexibility index (Phi) is 5.99. The van der Waals surface area contributed by atoms with E-state index in [0.29, 0.717) is 5.70 Å². The van der Waals surface area contributed by atoms with Gasteiger partial charge in [-0.25, -0.2) is 0 Å². The number of aliphatic hydroxyl groups is 1. The fraction of sp³-hybridized carbons (Fsp3) is 0.625. The molecular weight excluding hydrogens is 254 g/mol. The van der Waals surface area contributed by atoms with Crippen LogP contribution in [0.3, 0.4) is 0 Å². The second-order valence-electron chi connectivity index (χ2n) is 5.38. The van der Waals surface area contributed by atoms with E-state index in [1.165, 1.54) is 11.3 Å². The zero-order valence-corrected chi connectivity index (χ0v) is 12.9. The summed E-state index contributed by atoms with van der Waals surface area (Å²) in [6.07, 6.45) is 6.81. The van der Waals surface area contributed by atoms with Gasteiger partial charge in [0.15, 0.2) is 11.5 Å². The number of Topliss-reactive ketones (excluding diaryl/α,β-unsaturated/α-hetero) is 1. The minimum absolute atomic E-state index is 0.0522. The van der Waals surface area contributed by atoms with Gasteiger partial charge in [-0.2, -0.15) is 0 Å². The maximum Gasteiger partial charge on any atom is 0.265 e. The molecule has 0 fully saturated rings. The number of nitrogens with zero attached hydrogens (tertiary/aromatic N) is 1. The van der Waals surface area contributed by atoms with Gasteiger partial charge in [0, 0.05) is 13.0 Å². The summed E-state index contributed by atoms with van der Waals surface area (Å²) < 4.78 is 0. The Hall–Kier alpha value is -1.58. The average molecular weight is 279 g/mol. The van der Waals surface area contributed by atoms with E-state index >= 15 is 0 Å². The molecule has 4 heteroatoms. The SMILES string of the molecule is C/C=C1/C(O)=C(C(=O)[C@H](C)CCCCCC)C(=O)N1C. The molecule has 1 heterocycles. The predicted octanol–water partition coefficient (Wildman–Crippen LogP) is 3.35. The second-order valence-corrected chi connectivity index (χ2v) is 5.38. The lowest BCUT2D eigenvalue weighted by molar-refractivity contribution is -0.127. The highest BCUT2D eigenvalue weighted by Crippen LogP contribution is 2.29. The normalized spacial score (nSPS) is 19.1. The maximum absolute atomic E-state index is 12.3. The number of rotatable bonds is 7. The first-order chi connectivity index (χ1) is 9.45. The van der Waals surface area contributed by atoms with Gasteiger partial charge in [0.05, 0.1) is 5.70 Å². The standard InChI is InChI=1S/C16H25NO3/c1-5-7-8-9-10-11(3)14(18)13-15(19)12(6-2)17(4)16(13)20/h6,11,19H,5,7-10H2,1-4H3/b12-6-/t11-/m1/s1. The van der Waals surface area contributed by atoms with Gasteiger partial charge < -0.3 is 10.0 Å². The van der Waals surface area contributed by atoms with Crippen molar-refractivity contribution in [2.24, 2.45) is 5.92 Å². The molecule has 1 aliphatic rings. The molecule has 0 unspecified atom stereocenters. The lowest BCUT2D eigenvalue weighted by atomic mass is 9.93. The summed E-state index contributed by atoms with van der Waals surface area (Å²) in [4.78, 5) is 25.7. The number of amides is 1. The van der Waals surface area contributed by atoms with E-state index in [9.17, 15) is 14.7 Å². The highest BCUT2D eigenvalue weighted by molar-refractivity contribution is 6.23. The van der Waals surface area contributed by atoms with Crippen LogP contribution in [0.4, 0.5) is 0 Å². The number of ketones is 1. The molecule has 0 aromatic heterocycles. The molecule has 0 saturated heterocycles. The van der Waals surface area contributed by atoms with Crippen molar-refractivity contribution in [3.8, 4) is 0 Å². The quantitative estimate of drug-likeness (QED) is 0.574. The van der Waals surface area contributed by atoms with Crippen molar-refractivity contribution in [3.05, 3.63) is 23.1 Å². The molecule has 20 heavy (non-hydrogen) atoms. The molecule has 1 rings (SSSR count). The van der Waals surface area contributed by atoms with Gasteiger partial charge in [-0.05, 0) is 13.3 Å². The van der Waals surface area contributed by atoms with Gasteiger partial charge >= 0.3 is 0 Å². The molecule has 0 spiro atoms. The monoisotopic (exact) mass is 279 g/mol. The minimum atomic E-state index is -0.402. The van der Waals surface area contributed by atoms with Crippen molar-refractivity contribution in [1.82, 2.24) is 4.90 Å². The van der Waals surface area contributed by atoms with E-state index in [1.807, 2.05) is 6.92 Å². The van der Waals surface area contributed by atoms with Crippen LogP contribution in [0, 0.1) is 5.92 Å². The van der Waals surface area contributed by atoms with Crippen molar-refractivity contribution in [3.63, 3.8) is 0 Å². The van der Waals surface area contributed by atoms with Gasteiger partial charge in [0.1, 0.15) is 5.57 Å². The minimum Gasteiger partial charge on any atom is -0.505 e. The summed E-state index contributed by atoms with van der Waals surface area (Å²) in [5.41, 5.74) is 0.361. The first-order valence-electron chi connectivity index (χ1n) is 7.37. The number of carbonyl (C=O) groups excluding carboxylic acids is 2. The zero-order chi connectivity index (χ0) is 15.3. The highest BCUT2D eigenvalue weighted by atomic mass is 16.3. The van der Waals surface area contributed by atoms with Gasteiger partial charge in [-0.3, -0.25) is 9.59 Å². The van der Waals surface area contributed by atoms with Crippen LogP contribution in [0.5, 0.6) is 0 Å². The van der Waals surface area contributed by atoms with Crippen LogP contribution < -0.4 is 0 Å². The Balaban J connectivity index is 2.76. The van der Waals surface area contributed by atoms with E-state index in [-0.39, 0.29) is 23.0 Å². The molecule has 0 bridgehead atoms. The molecule has 1 amide bonds. The second kappa shape index (κ2) is 7.27. The van der Waals surface area contributed by atoms with Crippen LogP contribution in [0.2, 0.25) is 0 Å². The molecule has 1 aliphatic heterocycles. The lowest BCUT2D eigenvalue weighted by Gasteiger charge is -2.12. The van der Waals surface area contributed by atoms with Crippen LogP contribution in [0.1, 0.15) is 52.9 Å². The Morgan fingerprint density at radius 1 is 1.35 bits per heavy atom. The summed E-state index contributed by atoms with van der Waals surface area (Å²) >= 11 is 0. The number of unbranched alkanes of at least 4 members (excludes halogenated alkanes) is 3. The predicted molar refractivity (Wildman–Crippen MR) is 79.1 cm³/mol. The molecule has 1 N–H and O–H groups in total. The number of carbonyl (C=O) groups is 2. The van der Waals surface area contributed by atoms with E-state index < -0.39 is 5.91 Å². The van der Waals surface area contributed by atoms with Crippen LogP contribution in [0.25, 0.3) is 0 Å². The van der Waals surface area contributed by atoms with Gasteiger partial charge in [-0.15, -0.1) is 0 Å². The molecule has 1 atom stereocenters. The molecule has 112 valence electrons. The van der Waals surface area contributed by atoms with Crippen LogP contribution in [-0.2, 0) is 9.59 Å². The van der Waals surface area contributed by atoms with Crippen molar-refractivity contribution < 1.29 is 14.7 Å². The average Bonchev–Trinajstić information content (AvgIpc) is 2.64. The Bertz CT molecular complexity index is 449. The molecule has 0 aliphatic carbocycles. The van der Waals surface area contributed by atoms with Crippen molar-refractivity contribution in [2.45, 2.75) is 52.9 Å². The van der Waals surface area contributed by atoms with E-state index in [4.69, 9.17) is 0 Å². The van der Waals surface area contributed by atoms with E-state index in [0.717, 1.165) is 25.7 Å². The first kappa shape index (κ1) is 16.5. The number of likely N-dealkylation sites (N-methyl/N-ethyl adjacent to an activating group) is 1. The number of hydrogen-bond donors (Lipinski definition) is 1. The van der Waals surface area contributed by atoms with Gasteiger partial charge in [0.25, 0.3) is 5.91 Å². The lowest BCUT2D eigenvalue weighted by Crippen LogP contribution is -2.25. The Labute approximate surface area is 121 Å². The Morgan fingerprint density at radius 3 is 2.50 bits per heavy atom. The molecular formula is C16H25NO3. The molecule has 0 saturated carbocycles. The van der Waals surface area contributed by atoms with E-state index in [2.05, 4.69) is 6.92 Å². The van der Waals surface area contributed by atoms with Crippen LogP contribution in [0.15, 0.2) is 23.1 Å². The summed E-state index contributed by atoms with van der Waals surface area (Å²) in [7, 11) is 1.57. The topological polar surface area (TPSA) is 57.6 Å². The number of allylic oxidation sites excluding steroid dienone is 1. The van der Waals surface area contributed by atoms with E-state index in [1.54, 1.807) is 20.0 Å². The first-order valence-corrected chi connectivity index (χ1v) is 7.37. The maximum atomic E-state index is 12.3. The fourth-order valence-electron chi connectivity index (χ4n) is 2.47. The summed E-state index contributed by atoms with van der Waals surface area (Å²) in [5, 5.41) is 10.0. The highest BCUT2D eigenvalue weighted by Gasteiger charge is 2.37. The smallest absolute Gasteiger partial charge is 0.265 e. The van der Waals surface area contributed by atoms with Gasteiger partial charge in [-0.1, -0.05) is 45.6 Å². The Morgan fingerprint density at radius 2 is 2.00 bits per heavy atom. The van der Waals surface area contributed by atoms with Gasteiger partial charge in [0.2, 0.25) is 0 Å². The van der Waals surface area contributed by atoms with Crippen molar-refractivity contribution >= 4 is 11.7 Å². The van der Waals surface area contributed by atoms with Crippen LogP contribution >= 0.6 is 0 Å². The summed E-state index contributed by atoms with van der Waals surface area (Å²) in [5.74, 6) is -1.04. The third-order valence-corrected chi connectivity index (χ3v) is 3.82. The third kappa shape index (κ3) is 3.30. The molecule has 0 radical (unpaired) electrons. The van der Waals surface area contributed by atoms with Crippen LogP contribution in [-0.4, -0.2) is 28.7 Å². The number of hydrogen-bond acceptors (Lipinski definition) is 3. The fourth-order valence-corrected chi connectivity index (χ4v) is 2.47. The largest absolute Gasteiger partial charge is 0.505 e. The summed E-state index contributed by atoms with van der Waals surface area (Å²) in [6, 6.07) is 0. The number of aliphatic hydroxyl groups excluding tert-OH is 1.